The van der Waals surface area contributed by atoms with Gasteiger partial charge < -0.3 is 24.7 Å². The van der Waals surface area contributed by atoms with Crippen molar-refractivity contribution in [1.29, 1.82) is 0 Å². The average molecular weight is 471 g/mol. The number of fused-ring (bicyclic) bond motifs is 2. The molecular formula is C27H26N4O4. The quantitative estimate of drug-likeness (QED) is 0.438. The van der Waals surface area contributed by atoms with Crippen LogP contribution in [0.25, 0.3) is 11.0 Å². The van der Waals surface area contributed by atoms with E-state index in [2.05, 4.69) is 10.6 Å². The summed E-state index contributed by atoms with van der Waals surface area (Å²) in [5, 5.41) is 5.93. The minimum absolute atomic E-state index is 0.0375. The Morgan fingerprint density at radius 3 is 2.54 bits per heavy atom. The SMILES string of the molecule is C[C@@H](NC(=O)c1ccccc1)c1nc2ccccc2n1CC(=O)Nc1ccc2c(c1)OCCCO2. The van der Waals surface area contributed by atoms with Gasteiger partial charge in [-0.1, -0.05) is 30.3 Å². The van der Waals surface area contributed by atoms with Crippen LogP contribution in [0.2, 0.25) is 0 Å². The molecule has 1 aromatic heterocycles. The Morgan fingerprint density at radius 1 is 0.971 bits per heavy atom. The third-order valence-electron chi connectivity index (χ3n) is 5.79. The van der Waals surface area contributed by atoms with Gasteiger partial charge in [0.15, 0.2) is 11.5 Å². The molecular weight excluding hydrogens is 444 g/mol. The zero-order valence-corrected chi connectivity index (χ0v) is 19.4. The van der Waals surface area contributed by atoms with Crippen molar-refractivity contribution in [2.24, 2.45) is 0 Å². The first-order valence-corrected chi connectivity index (χ1v) is 11.6. The average Bonchev–Trinajstić information content (AvgIpc) is 3.06. The number of imidazole rings is 1. The van der Waals surface area contributed by atoms with Crippen molar-refractivity contribution in [2.75, 3.05) is 18.5 Å². The molecule has 0 unspecified atom stereocenters. The molecule has 0 spiro atoms. The summed E-state index contributed by atoms with van der Waals surface area (Å²) in [7, 11) is 0. The van der Waals surface area contributed by atoms with Gasteiger partial charge in [0.25, 0.3) is 5.91 Å². The zero-order chi connectivity index (χ0) is 24.2. The molecule has 0 saturated carbocycles. The third kappa shape index (κ3) is 4.96. The number of carbonyl (C=O) groups is 2. The van der Waals surface area contributed by atoms with Crippen molar-refractivity contribution >= 4 is 28.5 Å². The Labute approximate surface area is 202 Å². The molecule has 2 N–H and O–H groups in total. The second-order valence-corrected chi connectivity index (χ2v) is 8.37. The third-order valence-corrected chi connectivity index (χ3v) is 5.79. The first kappa shape index (κ1) is 22.5. The van der Waals surface area contributed by atoms with Crippen molar-refractivity contribution in [3.05, 3.63) is 84.2 Å². The molecule has 5 rings (SSSR count). The van der Waals surface area contributed by atoms with Crippen LogP contribution in [0.5, 0.6) is 11.5 Å². The van der Waals surface area contributed by atoms with Gasteiger partial charge in [0, 0.05) is 23.7 Å². The Hall–Kier alpha value is -4.33. The van der Waals surface area contributed by atoms with E-state index in [1.165, 1.54) is 0 Å². The Bertz CT molecular complexity index is 1370. The van der Waals surface area contributed by atoms with Crippen LogP contribution in [-0.4, -0.2) is 34.6 Å². The maximum atomic E-state index is 13.1. The molecule has 1 aliphatic rings. The molecule has 4 aromatic rings. The summed E-state index contributed by atoms with van der Waals surface area (Å²) in [6.07, 6.45) is 0.811. The van der Waals surface area contributed by atoms with E-state index in [1.54, 1.807) is 30.3 Å². The van der Waals surface area contributed by atoms with Crippen molar-refractivity contribution in [3.63, 3.8) is 0 Å². The molecule has 0 fully saturated rings. The number of nitrogens with one attached hydrogen (secondary N) is 2. The number of carbonyl (C=O) groups excluding carboxylic acids is 2. The number of amides is 2. The van der Waals surface area contributed by atoms with Crippen LogP contribution in [0, 0.1) is 0 Å². The Balaban J connectivity index is 1.37. The normalized spacial score (nSPS) is 13.6. The summed E-state index contributed by atoms with van der Waals surface area (Å²) in [4.78, 5) is 30.5. The monoisotopic (exact) mass is 470 g/mol. The maximum absolute atomic E-state index is 13.1. The van der Waals surface area contributed by atoms with Gasteiger partial charge in [-0.3, -0.25) is 9.59 Å². The van der Waals surface area contributed by atoms with Crippen LogP contribution in [0.3, 0.4) is 0 Å². The van der Waals surface area contributed by atoms with Crippen molar-refractivity contribution in [2.45, 2.75) is 25.9 Å². The highest BCUT2D eigenvalue weighted by atomic mass is 16.5. The summed E-state index contributed by atoms with van der Waals surface area (Å²) in [6.45, 7) is 3.08. The molecule has 1 aliphatic heterocycles. The van der Waals surface area contributed by atoms with E-state index in [1.807, 2.05) is 54.0 Å². The first-order valence-electron chi connectivity index (χ1n) is 11.6. The van der Waals surface area contributed by atoms with E-state index in [-0.39, 0.29) is 18.4 Å². The largest absolute Gasteiger partial charge is 0.490 e. The predicted molar refractivity (Wildman–Crippen MR) is 133 cm³/mol. The minimum atomic E-state index is -0.416. The van der Waals surface area contributed by atoms with Gasteiger partial charge in [-0.2, -0.15) is 0 Å². The summed E-state index contributed by atoms with van der Waals surface area (Å²) in [5.41, 5.74) is 2.76. The molecule has 178 valence electrons. The second kappa shape index (κ2) is 9.89. The summed E-state index contributed by atoms with van der Waals surface area (Å²) in [5.74, 6) is 1.47. The van der Waals surface area contributed by atoms with Crippen LogP contribution in [0.1, 0.15) is 35.6 Å². The number of nitrogens with zero attached hydrogens (tertiary/aromatic N) is 2. The summed E-state index contributed by atoms with van der Waals surface area (Å²) >= 11 is 0. The number of hydrogen-bond acceptors (Lipinski definition) is 5. The van der Waals surface area contributed by atoms with E-state index in [9.17, 15) is 9.59 Å². The van der Waals surface area contributed by atoms with E-state index >= 15 is 0 Å². The number of benzene rings is 3. The summed E-state index contributed by atoms with van der Waals surface area (Å²) < 4.78 is 13.2. The molecule has 8 nitrogen and oxygen atoms in total. The molecule has 8 heteroatoms. The fourth-order valence-electron chi connectivity index (χ4n) is 4.11. The molecule has 3 aromatic carbocycles. The highest BCUT2D eigenvalue weighted by Gasteiger charge is 2.21. The van der Waals surface area contributed by atoms with E-state index in [0.717, 1.165) is 17.5 Å². The second-order valence-electron chi connectivity index (χ2n) is 8.37. The van der Waals surface area contributed by atoms with Gasteiger partial charge in [0.2, 0.25) is 5.91 Å². The lowest BCUT2D eigenvalue weighted by atomic mass is 10.2. The van der Waals surface area contributed by atoms with E-state index in [0.29, 0.717) is 41.8 Å². The molecule has 0 radical (unpaired) electrons. The number of hydrogen-bond donors (Lipinski definition) is 2. The van der Waals surface area contributed by atoms with E-state index < -0.39 is 6.04 Å². The first-order chi connectivity index (χ1) is 17.1. The number of para-hydroxylation sites is 2. The van der Waals surface area contributed by atoms with Crippen molar-refractivity contribution in [3.8, 4) is 11.5 Å². The molecule has 0 aliphatic carbocycles. The smallest absolute Gasteiger partial charge is 0.251 e. The standard InChI is InChI=1S/C27H26N4O4/c1-18(28-27(33)19-8-3-2-4-9-19)26-30-21-10-5-6-11-22(21)31(26)17-25(32)29-20-12-13-23-24(16-20)35-15-7-14-34-23/h2-6,8-13,16,18H,7,14-15,17H2,1H3,(H,28,33)(H,29,32)/t18-/m1/s1. The van der Waals surface area contributed by atoms with Gasteiger partial charge in [-0.25, -0.2) is 4.98 Å². The van der Waals surface area contributed by atoms with Crippen LogP contribution < -0.4 is 20.1 Å². The highest BCUT2D eigenvalue weighted by Crippen LogP contribution is 2.32. The number of anilines is 1. The summed E-state index contributed by atoms with van der Waals surface area (Å²) in [6, 6.07) is 21.6. The van der Waals surface area contributed by atoms with Crippen LogP contribution in [0.4, 0.5) is 5.69 Å². The van der Waals surface area contributed by atoms with Crippen LogP contribution >= 0.6 is 0 Å². The van der Waals surface area contributed by atoms with Gasteiger partial charge in [0.1, 0.15) is 12.4 Å². The Kier molecular flexibility index (Phi) is 6.34. The molecule has 0 bridgehead atoms. The molecule has 2 heterocycles. The van der Waals surface area contributed by atoms with Crippen LogP contribution in [-0.2, 0) is 11.3 Å². The van der Waals surface area contributed by atoms with Gasteiger partial charge in [-0.05, 0) is 43.3 Å². The van der Waals surface area contributed by atoms with Crippen LogP contribution in [0.15, 0.2) is 72.8 Å². The van der Waals surface area contributed by atoms with E-state index in [4.69, 9.17) is 14.5 Å². The van der Waals surface area contributed by atoms with Gasteiger partial charge in [0.05, 0.1) is 30.3 Å². The minimum Gasteiger partial charge on any atom is -0.490 e. The lowest BCUT2D eigenvalue weighted by Gasteiger charge is -2.17. The zero-order valence-electron chi connectivity index (χ0n) is 19.4. The fourth-order valence-corrected chi connectivity index (χ4v) is 4.11. The number of aromatic nitrogens is 2. The fraction of sp³-hybridized carbons (Fsp3) is 0.222. The maximum Gasteiger partial charge on any atom is 0.251 e. The molecule has 2 amide bonds. The lowest BCUT2D eigenvalue weighted by molar-refractivity contribution is -0.116. The highest BCUT2D eigenvalue weighted by molar-refractivity contribution is 5.94. The van der Waals surface area contributed by atoms with Gasteiger partial charge >= 0.3 is 0 Å². The molecule has 0 saturated heterocycles. The number of rotatable bonds is 6. The van der Waals surface area contributed by atoms with Crippen molar-refractivity contribution in [1.82, 2.24) is 14.9 Å². The van der Waals surface area contributed by atoms with Gasteiger partial charge in [-0.15, -0.1) is 0 Å². The Morgan fingerprint density at radius 2 is 1.71 bits per heavy atom. The topological polar surface area (TPSA) is 94.5 Å². The number of ether oxygens (including phenoxy) is 2. The lowest BCUT2D eigenvalue weighted by Crippen LogP contribution is -2.30. The molecule has 35 heavy (non-hydrogen) atoms. The predicted octanol–water partition coefficient (Wildman–Crippen LogP) is 4.33. The molecule has 1 atom stereocenters. The van der Waals surface area contributed by atoms with Crippen molar-refractivity contribution < 1.29 is 19.1 Å².